The van der Waals surface area contributed by atoms with Crippen LogP contribution in [0.5, 0.6) is 11.5 Å². The summed E-state index contributed by atoms with van der Waals surface area (Å²) in [7, 11) is 0. The van der Waals surface area contributed by atoms with Gasteiger partial charge < -0.3 is 14.2 Å². The first-order valence-corrected chi connectivity index (χ1v) is 7.60. The van der Waals surface area contributed by atoms with Gasteiger partial charge in [0.05, 0.1) is 15.5 Å². The van der Waals surface area contributed by atoms with Gasteiger partial charge >= 0.3 is 5.97 Å². The van der Waals surface area contributed by atoms with Gasteiger partial charge in [-0.15, -0.1) is 11.3 Å². The first-order valence-electron chi connectivity index (χ1n) is 6.40. The van der Waals surface area contributed by atoms with E-state index in [1.165, 1.54) is 23.5 Å². The molecular formula is C15H11ClO5S. The van der Waals surface area contributed by atoms with E-state index in [1.807, 2.05) is 13.0 Å². The predicted octanol–water partition coefficient (Wildman–Crippen LogP) is 3.48. The molecule has 0 aliphatic carbocycles. The fraction of sp³-hybridized carbons (Fsp3) is 0.200. The number of thiophene rings is 1. The Morgan fingerprint density at radius 1 is 1.32 bits per heavy atom. The highest BCUT2D eigenvalue weighted by Crippen LogP contribution is 2.39. The molecular weight excluding hydrogens is 328 g/mol. The van der Waals surface area contributed by atoms with E-state index < -0.39 is 5.97 Å². The number of ketones is 1. The molecule has 3 rings (SSSR count). The Kier molecular flexibility index (Phi) is 4.04. The van der Waals surface area contributed by atoms with Gasteiger partial charge in [0, 0.05) is 4.88 Å². The van der Waals surface area contributed by atoms with E-state index >= 15 is 0 Å². The van der Waals surface area contributed by atoms with Crippen molar-refractivity contribution in [1.29, 1.82) is 0 Å². The molecule has 0 fully saturated rings. The Bertz CT molecular complexity index is 752. The summed E-state index contributed by atoms with van der Waals surface area (Å²) in [6, 6.07) is 6.47. The van der Waals surface area contributed by atoms with E-state index in [0.29, 0.717) is 16.4 Å². The van der Waals surface area contributed by atoms with Gasteiger partial charge in [0.25, 0.3) is 0 Å². The molecule has 1 aromatic heterocycles. The predicted molar refractivity (Wildman–Crippen MR) is 81.2 cm³/mol. The van der Waals surface area contributed by atoms with Crippen molar-refractivity contribution in [3.63, 3.8) is 0 Å². The molecule has 0 N–H and O–H groups in total. The standard InChI is InChI=1S/C15H11ClO5S/c1-8-2-3-13(22-8)11(17)6-19-15(18)9-4-10(16)14-12(5-9)20-7-21-14/h2-5H,6-7H2,1H3. The van der Waals surface area contributed by atoms with E-state index in [-0.39, 0.29) is 29.8 Å². The van der Waals surface area contributed by atoms with Gasteiger partial charge in [0.2, 0.25) is 12.6 Å². The van der Waals surface area contributed by atoms with Crippen molar-refractivity contribution in [1.82, 2.24) is 0 Å². The van der Waals surface area contributed by atoms with Crippen molar-refractivity contribution in [3.05, 3.63) is 44.6 Å². The molecule has 0 radical (unpaired) electrons. The molecule has 2 aromatic rings. The molecule has 0 atom stereocenters. The molecule has 0 bridgehead atoms. The number of Topliss-reactive ketones (excluding diaryl/α,β-unsaturated/α-hetero) is 1. The summed E-state index contributed by atoms with van der Waals surface area (Å²) >= 11 is 7.37. The smallest absolute Gasteiger partial charge is 0.338 e. The third-order valence-electron chi connectivity index (χ3n) is 3.01. The van der Waals surface area contributed by atoms with Gasteiger partial charge in [-0.25, -0.2) is 4.79 Å². The molecule has 1 aromatic carbocycles. The second kappa shape index (κ2) is 5.98. The van der Waals surface area contributed by atoms with E-state index in [9.17, 15) is 9.59 Å². The van der Waals surface area contributed by atoms with Crippen LogP contribution in [0.25, 0.3) is 0 Å². The molecule has 0 spiro atoms. The molecule has 5 nitrogen and oxygen atoms in total. The fourth-order valence-electron chi connectivity index (χ4n) is 1.96. The summed E-state index contributed by atoms with van der Waals surface area (Å²) < 4.78 is 15.4. The van der Waals surface area contributed by atoms with Crippen LogP contribution in [0.3, 0.4) is 0 Å². The highest BCUT2D eigenvalue weighted by atomic mass is 35.5. The Balaban J connectivity index is 1.67. The van der Waals surface area contributed by atoms with E-state index in [1.54, 1.807) is 6.07 Å². The molecule has 22 heavy (non-hydrogen) atoms. The van der Waals surface area contributed by atoms with Crippen LogP contribution in [0.15, 0.2) is 24.3 Å². The summed E-state index contributed by atoms with van der Waals surface area (Å²) in [4.78, 5) is 25.5. The average Bonchev–Trinajstić information content (AvgIpc) is 3.13. The van der Waals surface area contributed by atoms with Gasteiger partial charge in [-0.3, -0.25) is 4.79 Å². The number of benzene rings is 1. The Hall–Kier alpha value is -2.05. The number of hydrogen-bond acceptors (Lipinski definition) is 6. The molecule has 2 heterocycles. The summed E-state index contributed by atoms with van der Waals surface area (Å²) in [6.07, 6.45) is 0. The number of aryl methyl sites for hydroxylation is 1. The lowest BCUT2D eigenvalue weighted by molar-refractivity contribution is 0.0475. The summed E-state index contributed by atoms with van der Waals surface area (Å²) in [5.74, 6) is -0.0804. The second-order valence-electron chi connectivity index (χ2n) is 4.60. The number of halogens is 1. The van der Waals surface area contributed by atoms with E-state index in [2.05, 4.69) is 0 Å². The van der Waals surface area contributed by atoms with Crippen molar-refractivity contribution in [2.45, 2.75) is 6.92 Å². The highest BCUT2D eigenvalue weighted by Gasteiger charge is 2.22. The van der Waals surface area contributed by atoms with Crippen LogP contribution in [-0.4, -0.2) is 25.2 Å². The minimum absolute atomic E-state index is 0.0593. The Labute approximate surface area is 135 Å². The molecule has 0 saturated carbocycles. The van der Waals surface area contributed by atoms with Gasteiger partial charge in [-0.05, 0) is 31.2 Å². The largest absolute Gasteiger partial charge is 0.454 e. The summed E-state index contributed by atoms with van der Waals surface area (Å²) in [5, 5.41) is 0.266. The third-order valence-corrected chi connectivity index (χ3v) is 4.33. The van der Waals surface area contributed by atoms with Crippen LogP contribution in [0.4, 0.5) is 0 Å². The lowest BCUT2D eigenvalue weighted by Gasteiger charge is -2.05. The van der Waals surface area contributed by atoms with Gasteiger partial charge in [0.1, 0.15) is 0 Å². The maximum absolute atomic E-state index is 12.0. The average molecular weight is 339 g/mol. The molecule has 7 heteroatoms. The van der Waals surface area contributed by atoms with Crippen LogP contribution in [0, 0.1) is 6.92 Å². The van der Waals surface area contributed by atoms with Gasteiger partial charge in [0.15, 0.2) is 18.1 Å². The molecule has 0 saturated heterocycles. The zero-order chi connectivity index (χ0) is 15.7. The van der Waals surface area contributed by atoms with E-state index in [4.69, 9.17) is 25.8 Å². The number of rotatable bonds is 4. The van der Waals surface area contributed by atoms with E-state index in [0.717, 1.165) is 4.88 Å². The lowest BCUT2D eigenvalue weighted by atomic mass is 10.2. The zero-order valence-electron chi connectivity index (χ0n) is 11.6. The van der Waals surface area contributed by atoms with Crippen molar-refractivity contribution < 1.29 is 23.8 Å². The number of fused-ring (bicyclic) bond motifs is 1. The lowest BCUT2D eigenvalue weighted by Crippen LogP contribution is -2.13. The zero-order valence-corrected chi connectivity index (χ0v) is 13.1. The number of hydrogen-bond donors (Lipinski definition) is 0. The highest BCUT2D eigenvalue weighted by molar-refractivity contribution is 7.14. The molecule has 0 amide bonds. The fourth-order valence-corrected chi connectivity index (χ4v) is 3.01. The molecule has 1 aliphatic heterocycles. The first-order chi connectivity index (χ1) is 10.5. The molecule has 1 aliphatic rings. The number of carbonyl (C=O) groups excluding carboxylic acids is 2. The quantitative estimate of drug-likeness (QED) is 0.631. The minimum atomic E-state index is -0.637. The first kappa shape index (κ1) is 14.9. The SMILES string of the molecule is Cc1ccc(C(=O)COC(=O)c2cc(Cl)c3c(c2)OCO3)s1. The van der Waals surface area contributed by atoms with Crippen LogP contribution in [0.1, 0.15) is 24.9 Å². The molecule has 114 valence electrons. The van der Waals surface area contributed by atoms with Crippen molar-refractivity contribution in [2.24, 2.45) is 0 Å². The normalized spacial score (nSPS) is 12.3. The number of ether oxygens (including phenoxy) is 3. The van der Waals surface area contributed by atoms with Crippen LogP contribution in [-0.2, 0) is 4.74 Å². The third kappa shape index (κ3) is 2.93. The van der Waals surface area contributed by atoms with Crippen molar-refractivity contribution in [3.8, 4) is 11.5 Å². The second-order valence-corrected chi connectivity index (χ2v) is 6.30. The van der Waals surface area contributed by atoms with Crippen molar-refractivity contribution >= 4 is 34.7 Å². The maximum atomic E-state index is 12.0. The monoisotopic (exact) mass is 338 g/mol. The van der Waals surface area contributed by atoms with Crippen LogP contribution >= 0.6 is 22.9 Å². The minimum Gasteiger partial charge on any atom is -0.454 e. The topological polar surface area (TPSA) is 61.8 Å². The van der Waals surface area contributed by atoms with Gasteiger partial charge in [-0.2, -0.15) is 0 Å². The van der Waals surface area contributed by atoms with Crippen LogP contribution < -0.4 is 9.47 Å². The number of carbonyl (C=O) groups is 2. The number of esters is 1. The van der Waals surface area contributed by atoms with Crippen LogP contribution in [0.2, 0.25) is 5.02 Å². The summed E-state index contributed by atoms with van der Waals surface area (Å²) in [5.41, 5.74) is 0.212. The Morgan fingerprint density at radius 2 is 2.14 bits per heavy atom. The van der Waals surface area contributed by atoms with Crippen molar-refractivity contribution in [2.75, 3.05) is 13.4 Å². The Morgan fingerprint density at radius 3 is 2.86 bits per heavy atom. The van der Waals surface area contributed by atoms with Gasteiger partial charge in [-0.1, -0.05) is 11.6 Å². The molecule has 0 unspecified atom stereocenters. The summed E-state index contributed by atoms with van der Waals surface area (Å²) in [6.45, 7) is 1.65. The maximum Gasteiger partial charge on any atom is 0.338 e.